The quantitative estimate of drug-likeness (QED) is 0.233. The molecule has 0 aliphatic rings. The second-order valence-corrected chi connectivity index (χ2v) is 6.57. The van der Waals surface area contributed by atoms with E-state index in [1.54, 1.807) is 13.0 Å². The SMILES string of the molecule is CCOCOc1c(I)cc(I)cc1C(=O)OCC(C)(F)F. The average Bonchev–Trinajstić information content (AvgIpc) is 2.37. The number of alkyl halides is 2. The molecular weight excluding hydrogens is 512 g/mol. The first-order chi connectivity index (χ1) is 9.74. The summed E-state index contributed by atoms with van der Waals surface area (Å²) < 4.78 is 42.1. The Morgan fingerprint density at radius 1 is 1.33 bits per heavy atom. The molecule has 118 valence electrons. The van der Waals surface area contributed by atoms with Gasteiger partial charge in [-0.2, -0.15) is 0 Å². The third kappa shape index (κ3) is 6.59. The van der Waals surface area contributed by atoms with Gasteiger partial charge < -0.3 is 14.2 Å². The Hall–Kier alpha value is -0.230. The first-order valence-electron chi connectivity index (χ1n) is 5.99. The lowest BCUT2D eigenvalue weighted by molar-refractivity contribution is -0.0470. The Morgan fingerprint density at radius 3 is 2.57 bits per heavy atom. The van der Waals surface area contributed by atoms with Crippen molar-refractivity contribution < 1.29 is 27.8 Å². The van der Waals surface area contributed by atoms with Gasteiger partial charge in [-0.3, -0.25) is 0 Å². The van der Waals surface area contributed by atoms with Gasteiger partial charge in [0.2, 0.25) is 0 Å². The van der Waals surface area contributed by atoms with Gasteiger partial charge in [0, 0.05) is 17.1 Å². The molecule has 0 fully saturated rings. The molecule has 8 heteroatoms. The Labute approximate surface area is 148 Å². The van der Waals surface area contributed by atoms with Crippen molar-refractivity contribution >= 4 is 51.2 Å². The summed E-state index contributed by atoms with van der Waals surface area (Å²) in [7, 11) is 0. The van der Waals surface area contributed by atoms with E-state index in [0.717, 1.165) is 3.57 Å². The van der Waals surface area contributed by atoms with Crippen LogP contribution in [0.2, 0.25) is 0 Å². The molecule has 0 aliphatic heterocycles. The summed E-state index contributed by atoms with van der Waals surface area (Å²) in [5, 5.41) is 0. The molecule has 0 aliphatic carbocycles. The van der Waals surface area contributed by atoms with E-state index in [-0.39, 0.29) is 18.1 Å². The van der Waals surface area contributed by atoms with Gasteiger partial charge in [-0.05, 0) is 64.2 Å². The average molecular weight is 526 g/mol. The van der Waals surface area contributed by atoms with Crippen molar-refractivity contribution in [3.63, 3.8) is 0 Å². The highest BCUT2D eigenvalue weighted by molar-refractivity contribution is 14.1. The van der Waals surface area contributed by atoms with Crippen molar-refractivity contribution in [2.75, 3.05) is 20.0 Å². The molecule has 0 amide bonds. The number of esters is 1. The van der Waals surface area contributed by atoms with Gasteiger partial charge in [0.05, 0.1) is 3.57 Å². The number of benzene rings is 1. The molecule has 1 rings (SSSR count). The summed E-state index contributed by atoms with van der Waals surface area (Å²) >= 11 is 4.02. The van der Waals surface area contributed by atoms with Gasteiger partial charge >= 0.3 is 5.97 Å². The largest absolute Gasteiger partial charge is 0.466 e. The van der Waals surface area contributed by atoms with Crippen LogP contribution in [0.1, 0.15) is 24.2 Å². The minimum atomic E-state index is -3.07. The molecule has 0 radical (unpaired) electrons. The van der Waals surface area contributed by atoms with Crippen molar-refractivity contribution in [3.8, 4) is 5.75 Å². The van der Waals surface area contributed by atoms with Crippen LogP contribution in [0.15, 0.2) is 12.1 Å². The van der Waals surface area contributed by atoms with Crippen LogP contribution in [0, 0.1) is 7.14 Å². The van der Waals surface area contributed by atoms with Crippen LogP contribution in [0.25, 0.3) is 0 Å². The zero-order chi connectivity index (χ0) is 16.0. The number of ether oxygens (including phenoxy) is 3. The van der Waals surface area contributed by atoms with Crippen LogP contribution < -0.4 is 4.74 Å². The molecule has 1 aromatic carbocycles. The Morgan fingerprint density at radius 2 is 2.00 bits per heavy atom. The van der Waals surface area contributed by atoms with Crippen LogP contribution in [0.5, 0.6) is 5.75 Å². The third-order valence-corrected chi connectivity index (χ3v) is 3.60. The van der Waals surface area contributed by atoms with Gasteiger partial charge in [-0.25, -0.2) is 13.6 Å². The third-order valence-electron chi connectivity index (χ3n) is 2.18. The Bertz CT molecular complexity index is 504. The first-order valence-corrected chi connectivity index (χ1v) is 8.15. The van der Waals surface area contributed by atoms with Crippen LogP contribution in [0.3, 0.4) is 0 Å². The fourth-order valence-electron chi connectivity index (χ4n) is 1.31. The number of rotatable bonds is 7. The maximum absolute atomic E-state index is 12.8. The topological polar surface area (TPSA) is 44.8 Å². The molecule has 0 spiro atoms. The fraction of sp³-hybridized carbons (Fsp3) is 0.462. The number of carbonyl (C=O) groups excluding carboxylic acids is 1. The van der Waals surface area contributed by atoms with Crippen molar-refractivity contribution in [2.45, 2.75) is 19.8 Å². The van der Waals surface area contributed by atoms with E-state index in [1.807, 2.05) is 45.2 Å². The minimum absolute atomic E-state index is 0.0304. The minimum Gasteiger partial charge on any atom is -0.466 e. The second kappa shape index (κ2) is 8.42. The molecule has 1 aromatic rings. The molecule has 0 saturated carbocycles. The van der Waals surface area contributed by atoms with E-state index in [0.29, 0.717) is 17.1 Å². The summed E-state index contributed by atoms with van der Waals surface area (Å²) in [6.07, 6.45) is 0. The van der Waals surface area contributed by atoms with Crippen LogP contribution >= 0.6 is 45.2 Å². The van der Waals surface area contributed by atoms with E-state index in [1.165, 1.54) is 6.07 Å². The Kier molecular flexibility index (Phi) is 7.54. The Balaban J connectivity index is 2.94. The summed E-state index contributed by atoms with van der Waals surface area (Å²) in [6.45, 7) is 1.95. The molecular formula is C13H14F2I2O4. The number of hydrogen-bond acceptors (Lipinski definition) is 4. The van der Waals surface area contributed by atoms with Gasteiger partial charge in [0.25, 0.3) is 5.92 Å². The van der Waals surface area contributed by atoms with Crippen molar-refractivity contribution in [1.82, 2.24) is 0 Å². The highest BCUT2D eigenvalue weighted by Gasteiger charge is 2.26. The smallest absolute Gasteiger partial charge is 0.342 e. The van der Waals surface area contributed by atoms with Gasteiger partial charge in [-0.15, -0.1) is 0 Å². The predicted molar refractivity (Wildman–Crippen MR) is 89.9 cm³/mol. The molecule has 21 heavy (non-hydrogen) atoms. The first kappa shape index (κ1) is 18.8. The van der Waals surface area contributed by atoms with E-state index in [2.05, 4.69) is 4.74 Å². The maximum Gasteiger partial charge on any atom is 0.342 e. The van der Waals surface area contributed by atoms with E-state index in [4.69, 9.17) is 9.47 Å². The van der Waals surface area contributed by atoms with Gasteiger partial charge in [-0.1, -0.05) is 0 Å². The molecule has 0 bridgehead atoms. The van der Waals surface area contributed by atoms with Crippen LogP contribution in [-0.2, 0) is 9.47 Å². The standard InChI is InChI=1S/C13H14F2I2O4/c1-3-19-7-21-11-9(4-8(16)5-10(11)17)12(18)20-6-13(2,14)15/h4-5H,3,6-7H2,1-2H3. The van der Waals surface area contributed by atoms with Crippen LogP contribution in [-0.4, -0.2) is 31.9 Å². The highest BCUT2D eigenvalue weighted by atomic mass is 127. The molecule has 0 unspecified atom stereocenters. The molecule has 0 saturated heterocycles. The van der Waals surface area contributed by atoms with Crippen molar-refractivity contribution in [3.05, 3.63) is 24.8 Å². The molecule has 4 nitrogen and oxygen atoms in total. The summed E-state index contributed by atoms with van der Waals surface area (Å²) in [5.41, 5.74) is 0.107. The number of halogens is 4. The normalized spacial score (nSPS) is 11.3. The fourth-order valence-corrected chi connectivity index (χ4v) is 3.31. The van der Waals surface area contributed by atoms with Crippen molar-refractivity contribution in [1.29, 1.82) is 0 Å². The lowest BCUT2D eigenvalue weighted by Gasteiger charge is -2.15. The van der Waals surface area contributed by atoms with E-state index < -0.39 is 18.5 Å². The molecule has 0 heterocycles. The summed E-state index contributed by atoms with van der Waals surface area (Å²) in [6, 6.07) is 3.33. The summed E-state index contributed by atoms with van der Waals surface area (Å²) in [5.74, 6) is -3.65. The highest BCUT2D eigenvalue weighted by Crippen LogP contribution is 2.29. The monoisotopic (exact) mass is 526 g/mol. The molecule has 0 N–H and O–H groups in total. The molecule has 0 aromatic heterocycles. The summed E-state index contributed by atoms with van der Waals surface area (Å²) in [4.78, 5) is 12.0. The van der Waals surface area contributed by atoms with Crippen LogP contribution in [0.4, 0.5) is 8.78 Å². The van der Waals surface area contributed by atoms with Gasteiger partial charge in [0.1, 0.15) is 11.3 Å². The number of carbonyl (C=O) groups is 1. The lowest BCUT2D eigenvalue weighted by Crippen LogP contribution is -2.22. The second-order valence-electron chi connectivity index (χ2n) is 4.17. The van der Waals surface area contributed by atoms with E-state index >= 15 is 0 Å². The zero-order valence-corrected chi connectivity index (χ0v) is 15.7. The lowest BCUT2D eigenvalue weighted by atomic mass is 10.2. The zero-order valence-electron chi connectivity index (χ0n) is 11.4. The van der Waals surface area contributed by atoms with Gasteiger partial charge in [0.15, 0.2) is 13.4 Å². The molecule has 0 atom stereocenters. The number of hydrogen-bond donors (Lipinski definition) is 0. The maximum atomic E-state index is 12.8. The van der Waals surface area contributed by atoms with E-state index in [9.17, 15) is 13.6 Å². The predicted octanol–water partition coefficient (Wildman–Crippen LogP) is 4.08. The van der Waals surface area contributed by atoms with Crippen molar-refractivity contribution in [2.24, 2.45) is 0 Å².